The van der Waals surface area contributed by atoms with Crippen LogP contribution in [0.5, 0.6) is 0 Å². The van der Waals surface area contributed by atoms with Crippen molar-refractivity contribution in [1.29, 1.82) is 0 Å². The van der Waals surface area contributed by atoms with Crippen molar-refractivity contribution in [3.8, 4) is 0 Å². The minimum absolute atomic E-state index is 0.00663. The lowest BCUT2D eigenvalue weighted by atomic mass is 10.0. The fourth-order valence-electron chi connectivity index (χ4n) is 3.34. The van der Waals surface area contributed by atoms with E-state index in [-0.39, 0.29) is 22.9 Å². The zero-order valence-electron chi connectivity index (χ0n) is 18.2. The number of amides is 2. The molecule has 0 aliphatic heterocycles. The molecule has 2 amide bonds. The fourth-order valence-corrected chi connectivity index (χ4v) is 4.64. The van der Waals surface area contributed by atoms with E-state index in [1.165, 1.54) is 48.5 Å². The Kier molecular flexibility index (Phi) is 7.04. The van der Waals surface area contributed by atoms with Crippen molar-refractivity contribution in [3.05, 3.63) is 95.8 Å². The Bertz CT molecular complexity index is 1260. The van der Waals surface area contributed by atoms with Gasteiger partial charge in [-0.2, -0.15) is 0 Å². The number of carbonyl (C=O) groups excluding carboxylic acids is 2. The molecule has 34 heavy (non-hydrogen) atoms. The SMILES string of the molecule is O=C(NC(Cc1ccccc1)C(=O)Nc1ccc(S(=O)(=O)NC2CC2)cc1)c1ccc(F)cc1. The first-order valence-corrected chi connectivity index (χ1v) is 12.3. The minimum atomic E-state index is -3.60. The standard InChI is InChI=1S/C25H24FN3O4S/c26-19-8-6-18(7-9-19)24(30)28-23(16-17-4-2-1-3-5-17)25(31)27-20-12-14-22(15-13-20)34(32,33)29-21-10-11-21/h1-9,12-15,21,23,29H,10-11,16H2,(H,27,31)(H,28,30). The van der Waals surface area contributed by atoms with Crippen LogP contribution in [0.25, 0.3) is 0 Å². The van der Waals surface area contributed by atoms with Crippen molar-refractivity contribution in [3.63, 3.8) is 0 Å². The minimum Gasteiger partial charge on any atom is -0.340 e. The summed E-state index contributed by atoms with van der Waals surface area (Å²) in [5.74, 6) is -1.44. The third kappa shape index (κ3) is 6.27. The van der Waals surface area contributed by atoms with Crippen LogP contribution in [0.4, 0.5) is 10.1 Å². The largest absolute Gasteiger partial charge is 0.340 e. The van der Waals surface area contributed by atoms with Crippen molar-refractivity contribution in [2.45, 2.75) is 36.2 Å². The monoisotopic (exact) mass is 481 g/mol. The number of rotatable bonds is 9. The molecule has 1 saturated carbocycles. The van der Waals surface area contributed by atoms with Crippen molar-refractivity contribution in [2.75, 3.05) is 5.32 Å². The molecule has 1 aliphatic carbocycles. The number of hydrogen-bond donors (Lipinski definition) is 3. The molecule has 7 nitrogen and oxygen atoms in total. The van der Waals surface area contributed by atoms with E-state index < -0.39 is 33.7 Å². The Labute approximate surface area is 197 Å². The second kappa shape index (κ2) is 10.1. The Balaban J connectivity index is 1.48. The molecule has 1 unspecified atom stereocenters. The van der Waals surface area contributed by atoms with E-state index in [0.717, 1.165) is 18.4 Å². The van der Waals surface area contributed by atoms with Crippen molar-refractivity contribution < 1.29 is 22.4 Å². The zero-order chi connectivity index (χ0) is 24.1. The molecular weight excluding hydrogens is 457 g/mol. The van der Waals surface area contributed by atoms with Gasteiger partial charge in [-0.25, -0.2) is 17.5 Å². The van der Waals surface area contributed by atoms with Gasteiger partial charge in [-0.15, -0.1) is 0 Å². The van der Waals surface area contributed by atoms with Crippen LogP contribution in [0.1, 0.15) is 28.8 Å². The van der Waals surface area contributed by atoms with Crippen molar-refractivity contribution in [1.82, 2.24) is 10.0 Å². The van der Waals surface area contributed by atoms with E-state index in [1.54, 1.807) is 0 Å². The summed E-state index contributed by atoms with van der Waals surface area (Å²) in [7, 11) is -3.60. The summed E-state index contributed by atoms with van der Waals surface area (Å²) in [6.07, 6.45) is 1.90. The van der Waals surface area contributed by atoms with Crippen LogP contribution in [0.2, 0.25) is 0 Å². The summed E-state index contributed by atoms with van der Waals surface area (Å²) in [5, 5.41) is 5.44. The maximum Gasteiger partial charge on any atom is 0.251 e. The van der Waals surface area contributed by atoms with Gasteiger partial charge >= 0.3 is 0 Å². The highest BCUT2D eigenvalue weighted by Crippen LogP contribution is 2.23. The van der Waals surface area contributed by atoms with Crippen molar-refractivity contribution >= 4 is 27.5 Å². The molecule has 0 aromatic heterocycles. The summed E-state index contributed by atoms with van der Waals surface area (Å²) in [5.41, 5.74) is 1.46. The number of benzene rings is 3. The third-order valence-corrected chi connectivity index (χ3v) is 6.88. The third-order valence-electron chi connectivity index (χ3n) is 5.34. The number of hydrogen-bond acceptors (Lipinski definition) is 4. The van der Waals surface area contributed by atoms with Crippen LogP contribution < -0.4 is 15.4 Å². The van der Waals surface area contributed by atoms with Gasteiger partial charge in [0.25, 0.3) is 5.91 Å². The van der Waals surface area contributed by atoms with Crippen LogP contribution in [0.3, 0.4) is 0 Å². The first-order valence-electron chi connectivity index (χ1n) is 10.8. The van der Waals surface area contributed by atoms with E-state index >= 15 is 0 Å². The number of halogens is 1. The molecule has 1 fully saturated rings. The van der Waals surface area contributed by atoms with Gasteiger partial charge in [0.1, 0.15) is 11.9 Å². The first kappa shape index (κ1) is 23.6. The molecule has 3 aromatic rings. The molecule has 3 aromatic carbocycles. The van der Waals surface area contributed by atoms with Gasteiger partial charge in [0.05, 0.1) is 4.90 Å². The molecule has 3 N–H and O–H groups in total. The summed E-state index contributed by atoms with van der Waals surface area (Å²) in [4.78, 5) is 25.8. The molecule has 0 saturated heterocycles. The highest BCUT2D eigenvalue weighted by atomic mass is 32.2. The molecular formula is C25H24FN3O4S. The van der Waals surface area contributed by atoms with E-state index in [1.807, 2.05) is 30.3 Å². The predicted molar refractivity (Wildman–Crippen MR) is 126 cm³/mol. The van der Waals surface area contributed by atoms with Gasteiger partial charge in [-0.3, -0.25) is 9.59 Å². The quantitative estimate of drug-likeness (QED) is 0.436. The first-order chi connectivity index (χ1) is 16.3. The Morgan fingerprint density at radius 2 is 1.56 bits per heavy atom. The fraction of sp³-hybridized carbons (Fsp3) is 0.200. The molecule has 0 spiro atoms. The lowest BCUT2D eigenvalue weighted by Gasteiger charge is -2.19. The van der Waals surface area contributed by atoms with Gasteiger partial charge in [0.2, 0.25) is 15.9 Å². The molecule has 9 heteroatoms. The van der Waals surface area contributed by atoms with Gasteiger partial charge in [0.15, 0.2) is 0 Å². The molecule has 4 rings (SSSR count). The van der Waals surface area contributed by atoms with Crippen LogP contribution in [0.15, 0.2) is 83.8 Å². The van der Waals surface area contributed by atoms with Crippen LogP contribution >= 0.6 is 0 Å². The van der Waals surface area contributed by atoms with Gasteiger partial charge < -0.3 is 10.6 Å². The van der Waals surface area contributed by atoms with Gasteiger partial charge in [-0.05, 0) is 66.9 Å². The average molecular weight is 482 g/mol. The molecule has 0 bridgehead atoms. The summed E-state index contributed by atoms with van der Waals surface area (Å²) >= 11 is 0. The summed E-state index contributed by atoms with van der Waals surface area (Å²) < 4.78 is 40.5. The highest BCUT2D eigenvalue weighted by molar-refractivity contribution is 7.89. The maximum atomic E-state index is 13.2. The van der Waals surface area contributed by atoms with Crippen LogP contribution in [-0.2, 0) is 21.2 Å². The predicted octanol–water partition coefficient (Wildman–Crippen LogP) is 3.25. The number of carbonyl (C=O) groups is 2. The second-order valence-corrected chi connectivity index (χ2v) is 9.85. The smallest absolute Gasteiger partial charge is 0.251 e. The Morgan fingerprint density at radius 1 is 0.912 bits per heavy atom. The van der Waals surface area contributed by atoms with Crippen LogP contribution in [-0.4, -0.2) is 32.3 Å². The number of sulfonamides is 1. The average Bonchev–Trinajstić information content (AvgIpc) is 3.63. The van der Waals surface area contributed by atoms with Crippen molar-refractivity contribution in [2.24, 2.45) is 0 Å². The van der Waals surface area contributed by atoms with Gasteiger partial charge in [-0.1, -0.05) is 30.3 Å². The maximum absolute atomic E-state index is 13.2. The highest BCUT2D eigenvalue weighted by Gasteiger charge is 2.28. The lowest BCUT2D eigenvalue weighted by molar-refractivity contribution is -0.118. The lowest BCUT2D eigenvalue weighted by Crippen LogP contribution is -2.45. The molecule has 176 valence electrons. The Morgan fingerprint density at radius 3 is 2.18 bits per heavy atom. The molecule has 1 aliphatic rings. The van der Waals surface area contributed by atoms with Gasteiger partial charge in [0, 0.05) is 23.7 Å². The van der Waals surface area contributed by atoms with Crippen LogP contribution in [0, 0.1) is 5.82 Å². The van der Waals surface area contributed by atoms with E-state index in [4.69, 9.17) is 0 Å². The molecule has 1 atom stereocenters. The normalized spacial score (nSPS) is 14.3. The topological polar surface area (TPSA) is 104 Å². The van der Waals surface area contributed by atoms with E-state index in [9.17, 15) is 22.4 Å². The second-order valence-electron chi connectivity index (χ2n) is 8.13. The van der Waals surface area contributed by atoms with E-state index in [0.29, 0.717) is 5.69 Å². The Hall–Kier alpha value is -3.56. The van der Waals surface area contributed by atoms with E-state index in [2.05, 4.69) is 15.4 Å². The number of nitrogens with one attached hydrogen (secondary N) is 3. The summed E-state index contributed by atoms with van der Waals surface area (Å²) in [6, 6.07) is 19.2. The summed E-state index contributed by atoms with van der Waals surface area (Å²) in [6.45, 7) is 0. The molecule has 0 heterocycles. The number of anilines is 1. The zero-order valence-corrected chi connectivity index (χ0v) is 19.0. The molecule has 0 radical (unpaired) electrons.